The quantitative estimate of drug-likeness (QED) is 0.609. The zero-order valence-electron chi connectivity index (χ0n) is 18.4. The molecular weight excluding hydrogens is 402 g/mol. The third kappa shape index (κ3) is 4.87. The molecule has 3 atom stereocenters. The van der Waals surface area contributed by atoms with E-state index in [1.807, 2.05) is 30.3 Å². The highest BCUT2D eigenvalue weighted by Crippen LogP contribution is 2.48. The highest BCUT2D eigenvalue weighted by molar-refractivity contribution is 5.95. The van der Waals surface area contributed by atoms with Crippen molar-refractivity contribution in [1.82, 2.24) is 10.6 Å². The molecule has 6 nitrogen and oxygen atoms in total. The molecule has 2 aliphatic heterocycles. The molecule has 3 N–H and O–H groups in total. The number of ether oxygens (including phenoxy) is 1. The van der Waals surface area contributed by atoms with Crippen LogP contribution in [0.1, 0.15) is 58.6 Å². The molecule has 5 rings (SSSR count). The van der Waals surface area contributed by atoms with Crippen molar-refractivity contribution in [1.29, 1.82) is 0 Å². The van der Waals surface area contributed by atoms with Crippen LogP contribution in [0.25, 0.3) is 0 Å². The lowest BCUT2D eigenvalue weighted by atomic mass is 10.0. The summed E-state index contributed by atoms with van der Waals surface area (Å²) in [7, 11) is 0. The van der Waals surface area contributed by atoms with Crippen LogP contribution in [0.3, 0.4) is 0 Å². The summed E-state index contributed by atoms with van der Waals surface area (Å²) in [5.74, 6) is 0.000175. The van der Waals surface area contributed by atoms with E-state index in [2.05, 4.69) is 28.1 Å². The van der Waals surface area contributed by atoms with E-state index in [0.29, 0.717) is 12.2 Å². The number of hydrogen-bond donors (Lipinski definition) is 3. The maximum atomic E-state index is 12.7. The minimum atomic E-state index is -0.281. The Bertz CT molecular complexity index is 982. The molecule has 2 fully saturated rings. The molecule has 2 heterocycles. The molecule has 0 bridgehead atoms. The second-order valence-electron chi connectivity index (χ2n) is 9.22. The van der Waals surface area contributed by atoms with Crippen molar-refractivity contribution in [3.8, 4) is 0 Å². The summed E-state index contributed by atoms with van der Waals surface area (Å²) in [5, 5.41) is 9.85. The standard InChI is InChI=1S/C26H31N3O3/c30-25(29-21-9-8-20-15-27-12-10-19(20)13-21)24-14-23(24)17-4-6-18(7-5-17)26(31)32-16-22-3-1-2-11-28-22/h4-9,13,22-24,27-28H,1-3,10-12,14-16H2,(H,29,30). The maximum absolute atomic E-state index is 12.7. The predicted molar refractivity (Wildman–Crippen MR) is 124 cm³/mol. The molecule has 0 radical (unpaired) electrons. The van der Waals surface area contributed by atoms with Gasteiger partial charge < -0.3 is 20.7 Å². The molecule has 3 unspecified atom stereocenters. The number of rotatable bonds is 6. The van der Waals surface area contributed by atoms with Crippen LogP contribution in [0.4, 0.5) is 5.69 Å². The summed E-state index contributed by atoms with van der Waals surface area (Å²) in [6, 6.07) is 14.0. The molecule has 0 spiro atoms. The lowest BCUT2D eigenvalue weighted by Gasteiger charge is -2.22. The molecular formula is C26H31N3O3. The van der Waals surface area contributed by atoms with Crippen LogP contribution in [0, 0.1) is 5.92 Å². The summed E-state index contributed by atoms with van der Waals surface area (Å²) in [4.78, 5) is 25.1. The van der Waals surface area contributed by atoms with Gasteiger partial charge in [0.1, 0.15) is 6.61 Å². The molecule has 2 aromatic carbocycles. The number of carbonyl (C=O) groups is 2. The van der Waals surface area contributed by atoms with Crippen LogP contribution < -0.4 is 16.0 Å². The first-order valence-electron chi connectivity index (χ1n) is 11.8. The van der Waals surface area contributed by atoms with Crippen molar-refractivity contribution in [2.24, 2.45) is 5.92 Å². The number of hydrogen-bond acceptors (Lipinski definition) is 5. The van der Waals surface area contributed by atoms with Gasteiger partial charge in [-0.05, 0) is 85.6 Å². The molecule has 3 aliphatic rings. The van der Waals surface area contributed by atoms with Gasteiger partial charge in [0.2, 0.25) is 5.91 Å². The van der Waals surface area contributed by atoms with Crippen LogP contribution >= 0.6 is 0 Å². The van der Waals surface area contributed by atoms with Gasteiger partial charge in [0.05, 0.1) is 5.56 Å². The Morgan fingerprint density at radius 3 is 2.72 bits per heavy atom. The van der Waals surface area contributed by atoms with Crippen molar-refractivity contribution in [2.45, 2.75) is 50.6 Å². The highest BCUT2D eigenvalue weighted by Gasteiger charge is 2.44. The average molecular weight is 434 g/mol. The zero-order valence-corrected chi connectivity index (χ0v) is 18.4. The van der Waals surface area contributed by atoms with Gasteiger partial charge in [-0.15, -0.1) is 0 Å². The average Bonchev–Trinajstić information content (AvgIpc) is 3.64. The van der Waals surface area contributed by atoms with Gasteiger partial charge in [0.15, 0.2) is 0 Å². The van der Waals surface area contributed by atoms with Crippen LogP contribution in [0.2, 0.25) is 0 Å². The Morgan fingerprint density at radius 2 is 1.91 bits per heavy atom. The summed E-state index contributed by atoms with van der Waals surface area (Å²) >= 11 is 0. The largest absolute Gasteiger partial charge is 0.460 e. The van der Waals surface area contributed by atoms with Crippen LogP contribution in [0.5, 0.6) is 0 Å². The Morgan fingerprint density at radius 1 is 1.03 bits per heavy atom. The van der Waals surface area contributed by atoms with E-state index in [9.17, 15) is 9.59 Å². The van der Waals surface area contributed by atoms with Crippen molar-refractivity contribution in [3.05, 3.63) is 64.7 Å². The molecule has 6 heteroatoms. The number of amides is 1. The molecule has 2 aromatic rings. The lowest BCUT2D eigenvalue weighted by molar-refractivity contribution is -0.117. The van der Waals surface area contributed by atoms with Crippen molar-refractivity contribution in [2.75, 3.05) is 25.0 Å². The summed E-state index contributed by atoms with van der Waals surface area (Å²) in [5.41, 5.74) is 5.18. The molecule has 1 amide bonds. The predicted octanol–water partition coefficient (Wildman–Crippen LogP) is 3.37. The molecule has 1 saturated carbocycles. The molecule has 1 aliphatic carbocycles. The Hall–Kier alpha value is -2.70. The summed E-state index contributed by atoms with van der Waals surface area (Å²) < 4.78 is 5.48. The molecule has 168 valence electrons. The highest BCUT2D eigenvalue weighted by atomic mass is 16.5. The van der Waals surface area contributed by atoms with E-state index in [1.165, 1.54) is 24.0 Å². The summed E-state index contributed by atoms with van der Waals surface area (Å²) in [6.45, 7) is 3.30. The third-order valence-corrected chi connectivity index (χ3v) is 6.89. The minimum absolute atomic E-state index is 0.0112. The van der Waals surface area contributed by atoms with Crippen LogP contribution in [0.15, 0.2) is 42.5 Å². The monoisotopic (exact) mass is 433 g/mol. The number of fused-ring (bicyclic) bond motifs is 1. The van der Waals surface area contributed by atoms with Crippen LogP contribution in [-0.2, 0) is 22.5 Å². The Kier molecular flexibility index (Phi) is 6.23. The van der Waals surface area contributed by atoms with Crippen molar-refractivity contribution < 1.29 is 14.3 Å². The van der Waals surface area contributed by atoms with Gasteiger partial charge in [0, 0.05) is 24.2 Å². The van der Waals surface area contributed by atoms with Gasteiger partial charge in [-0.1, -0.05) is 24.6 Å². The minimum Gasteiger partial charge on any atom is -0.460 e. The van der Waals surface area contributed by atoms with Crippen LogP contribution in [-0.4, -0.2) is 37.6 Å². The second-order valence-corrected chi connectivity index (χ2v) is 9.22. The van der Waals surface area contributed by atoms with E-state index < -0.39 is 0 Å². The Balaban J connectivity index is 1.13. The number of benzene rings is 2. The Labute approximate surface area is 189 Å². The number of nitrogens with one attached hydrogen (secondary N) is 3. The fraction of sp³-hybridized carbons (Fsp3) is 0.462. The van der Waals surface area contributed by atoms with Gasteiger partial charge in [0.25, 0.3) is 0 Å². The summed E-state index contributed by atoms with van der Waals surface area (Å²) in [6.07, 6.45) is 5.27. The first kappa shape index (κ1) is 21.2. The molecule has 32 heavy (non-hydrogen) atoms. The first-order chi connectivity index (χ1) is 15.7. The smallest absolute Gasteiger partial charge is 0.338 e. The topological polar surface area (TPSA) is 79.5 Å². The van der Waals surface area contributed by atoms with Gasteiger partial charge in [-0.25, -0.2) is 4.79 Å². The van der Waals surface area contributed by atoms with Gasteiger partial charge in [-0.2, -0.15) is 0 Å². The number of esters is 1. The maximum Gasteiger partial charge on any atom is 0.338 e. The fourth-order valence-electron chi connectivity index (χ4n) is 4.84. The van der Waals surface area contributed by atoms with E-state index in [1.54, 1.807) is 0 Å². The van der Waals surface area contributed by atoms with E-state index in [-0.39, 0.29) is 29.8 Å². The van der Waals surface area contributed by atoms with Gasteiger partial charge >= 0.3 is 5.97 Å². The normalized spacial score (nSPS) is 24.3. The number of piperidine rings is 1. The van der Waals surface area contributed by atoms with Crippen molar-refractivity contribution in [3.63, 3.8) is 0 Å². The van der Waals surface area contributed by atoms with Gasteiger partial charge in [-0.3, -0.25) is 4.79 Å². The van der Waals surface area contributed by atoms with E-state index in [4.69, 9.17) is 4.74 Å². The van der Waals surface area contributed by atoms with E-state index in [0.717, 1.165) is 50.1 Å². The van der Waals surface area contributed by atoms with E-state index >= 15 is 0 Å². The second kappa shape index (κ2) is 9.43. The first-order valence-corrected chi connectivity index (χ1v) is 11.8. The molecule has 1 saturated heterocycles. The fourth-order valence-corrected chi connectivity index (χ4v) is 4.84. The van der Waals surface area contributed by atoms with Crippen molar-refractivity contribution >= 4 is 17.6 Å². The SMILES string of the molecule is O=C(OCC1CCCCN1)c1ccc(C2CC2C(=O)Nc2ccc3c(c2)CCNC3)cc1. The lowest BCUT2D eigenvalue weighted by Crippen LogP contribution is -2.38. The molecule has 0 aromatic heterocycles. The zero-order chi connectivity index (χ0) is 21.9. The number of carbonyl (C=O) groups excluding carboxylic acids is 2. The number of anilines is 1. The third-order valence-electron chi connectivity index (χ3n) is 6.89.